The average Bonchev–Trinajstić information content (AvgIpc) is 4.10. The zero-order chi connectivity index (χ0) is 41.9. The first kappa shape index (κ1) is 34.9. The summed E-state index contributed by atoms with van der Waals surface area (Å²) in [6.45, 7) is 0. The highest BCUT2D eigenvalue weighted by molar-refractivity contribution is 6.24. The minimum absolute atomic E-state index is 0.538. The lowest BCUT2D eigenvalue weighted by atomic mass is 10.1. The maximum atomic E-state index is 6.23. The summed E-state index contributed by atoms with van der Waals surface area (Å²) in [7, 11) is 0. The third-order valence-electron chi connectivity index (χ3n) is 12.9. The summed E-state index contributed by atoms with van der Waals surface area (Å²) >= 11 is 0. The standard InChI is InChI=1S/C57H34N6O/c1-3-15-35(16-4-1)55-58-56(36-27-32-52-46(33-36)42-22-10-14-26-51(42)64-52)60-57(59-55)63-49-25-13-9-21-41(49)43-29-30-44-45-34-38(61-47-23-11-7-19-39(47)40-20-8-12-24-48(40)61)28-31-50(45)62(53(44)54(43)63)37-17-5-2-6-18-37/h1-34H. The van der Waals surface area contributed by atoms with E-state index in [0.717, 1.165) is 88.1 Å². The second kappa shape index (κ2) is 13.3. The number of furan rings is 1. The topological polar surface area (TPSA) is 66.6 Å². The van der Waals surface area contributed by atoms with E-state index in [4.69, 9.17) is 19.4 Å². The summed E-state index contributed by atoms with van der Waals surface area (Å²) in [5.41, 5.74) is 12.2. The molecule has 0 amide bonds. The maximum absolute atomic E-state index is 6.23. The number of rotatable bonds is 5. The van der Waals surface area contributed by atoms with Crippen molar-refractivity contribution < 1.29 is 4.42 Å². The van der Waals surface area contributed by atoms with Gasteiger partial charge in [0.2, 0.25) is 5.95 Å². The molecule has 5 aromatic heterocycles. The fourth-order valence-electron chi connectivity index (χ4n) is 10.1. The number of hydrogen-bond donors (Lipinski definition) is 0. The first-order valence-corrected chi connectivity index (χ1v) is 21.5. The van der Waals surface area contributed by atoms with Crippen molar-refractivity contribution in [1.82, 2.24) is 28.7 Å². The van der Waals surface area contributed by atoms with Gasteiger partial charge < -0.3 is 13.6 Å². The largest absolute Gasteiger partial charge is 0.456 e. The molecule has 0 spiro atoms. The lowest BCUT2D eigenvalue weighted by Crippen LogP contribution is -2.07. The van der Waals surface area contributed by atoms with Crippen molar-refractivity contribution in [3.63, 3.8) is 0 Å². The normalized spacial score (nSPS) is 12.1. The molecule has 14 rings (SSSR count). The van der Waals surface area contributed by atoms with Crippen LogP contribution in [0, 0.1) is 0 Å². The molecular weight excluding hydrogens is 785 g/mol. The predicted molar refractivity (Wildman–Crippen MR) is 261 cm³/mol. The third-order valence-corrected chi connectivity index (χ3v) is 12.9. The van der Waals surface area contributed by atoms with Gasteiger partial charge in [-0.3, -0.25) is 4.57 Å². The van der Waals surface area contributed by atoms with Gasteiger partial charge in [0.1, 0.15) is 11.2 Å². The molecule has 298 valence electrons. The molecule has 0 aliphatic heterocycles. The van der Waals surface area contributed by atoms with Crippen molar-refractivity contribution in [3.8, 4) is 40.1 Å². The van der Waals surface area contributed by atoms with Crippen molar-refractivity contribution >= 4 is 87.4 Å². The number of para-hydroxylation sites is 5. The summed E-state index contributed by atoms with van der Waals surface area (Å²) < 4.78 is 13.3. The summed E-state index contributed by atoms with van der Waals surface area (Å²) in [6.07, 6.45) is 0. The van der Waals surface area contributed by atoms with E-state index in [0.29, 0.717) is 17.6 Å². The number of aromatic nitrogens is 6. The summed E-state index contributed by atoms with van der Waals surface area (Å²) in [5.74, 6) is 1.71. The van der Waals surface area contributed by atoms with Crippen LogP contribution in [0.2, 0.25) is 0 Å². The fraction of sp³-hybridized carbons (Fsp3) is 0. The molecule has 0 aliphatic carbocycles. The van der Waals surface area contributed by atoms with Gasteiger partial charge >= 0.3 is 0 Å². The van der Waals surface area contributed by atoms with Crippen molar-refractivity contribution in [2.75, 3.05) is 0 Å². The number of hydrogen-bond acceptors (Lipinski definition) is 4. The molecule has 5 heterocycles. The summed E-state index contributed by atoms with van der Waals surface area (Å²) in [5, 5.41) is 9.05. The summed E-state index contributed by atoms with van der Waals surface area (Å²) in [4.78, 5) is 15.9. The molecular formula is C57H34N6O. The first-order chi connectivity index (χ1) is 31.7. The van der Waals surface area contributed by atoms with Crippen molar-refractivity contribution in [3.05, 3.63) is 206 Å². The average molecular weight is 819 g/mol. The van der Waals surface area contributed by atoms with E-state index in [9.17, 15) is 0 Å². The molecule has 0 N–H and O–H groups in total. The fourth-order valence-corrected chi connectivity index (χ4v) is 10.1. The van der Waals surface area contributed by atoms with Crippen molar-refractivity contribution in [1.29, 1.82) is 0 Å². The van der Waals surface area contributed by atoms with Crippen LogP contribution in [0.3, 0.4) is 0 Å². The number of nitrogens with zero attached hydrogens (tertiary/aromatic N) is 6. The van der Waals surface area contributed by atoms with Crippen LogP contribution in [0.5, 0.6) is 0 Å². The zero-order valence-corrected chi connectivity index (χ0v) is 34.2. The molecule has 0 bridgehead atoms. The molecule has 0 aliphatic rings. The second-order valence-corrected chi connectivity index (χ2v) is 16.4. The highest BCUT2D eigenvalue weighted by atomic mass is 16.3. The van der Waals surface area contributed by atoms with E-state index in [2.05, 4.69) is 171 Å². The minimum atomic E-state index is 0.538. The van der Waals surface area contributed by atoms with Gasteiger partial charge in [-0.1, -0.05) is 133 Å². The lowest BCUT2D eigenvalue weighted by Gasteiger charge is -2.13. The van der Waals surface area contributed by atoms with Gasteiger partial charge in [0.05, 0.1) is 33.1 Å². The molecule has 0 atom stereocenters. The second-order valence-electron chi connectivity index (χ2n) is 16.4. The Balaban J connectivity index is 1.10. The molecule has 64 heavy (non-hydrogen) atoms. The Morgan fingerprint density at radius 2 is 0.828 bits per heavy atom. The molecule has 0 radical (unpaired) electrons. The minimum Gasteiger partial charge on any atom is -0.456 e. The highest BCUT2D eigenvalue weighted by Crippen LogP contribution is 2.43. The van der Waals surface area contributed by atoms with Crippen LogP contribution in [-0.4, -0.2) is 28.7 Å². The van der Waals surface area contributed by atoms with Gasteiger partial charge in [-0.25, -0.2) is 4.98 Å². The van der Waals surface area contributed by atoms with Crippen LogP contribution >= 0.6 is 0 Å². The Bertz CT molecular complexity index is 4140. The van der Waals surface area contributed by atoms with Crippen molar-refractivity contribution in [2.45, 2.75) is 0 Å². The van der Waals surface area contributed by atoms with Gasteiger partial charge in [-0.15, -0.1) is 0 Å². The molecule has 0 saturated carbocycles. The van der Waals surface area contributed by atoms with E-state index >= 15 is 0 Å². The smallest absolute Gasteiger partial charge is 0.238 e. The Morgan fingerprint density at radius 3 is 1.55 bits per heavy atom. The van der Waals surface area contributed by atoms with Gasteiger partial charge in [0.15, 0.2) is 11.6 Å². The molecule has 14 aromatic rings. The number of benzene rings is 9. The van der Waals surface area contributed by atoms with Gasteiger partial charge in [-0.05, 0) is 72.8 Å². The van der Waals surface area contributed by atoms with Gasteiger partial charge in [-0.2, -0.15) is 9.97 Å². The monoisotopic (exact) mass is 818 g/mol. The van der Waals surface area contributed by atoms with Crippen LogP contribution in [0.15, 0.2) is 211 Å². The zero-order valence-electron chi connectivity index (χ0n) is 34.2. The van der Waals surface area contributed by atoms with E-state index < -0.39 is 0 Å². The van der Waals surface area contributed by atoms with E-state index in [1.54, 1.807) is 0 Å². The van der Waals surface area contributed by atoms with E-state index in [-0.39, 0.29) is 0 Å². The van der Waals surface area contributed by atoms with Crippen LogP contribution in [-0.2, 0) is 0 Å². The quantitative estimate of drug-likeness (QED) is 0.173. The Hall–Kier alpha value is -8.81. The Labute approximate surface area is 365 Å². The molecule has 9 aromatic carbocycles. The maximum Gasteiger partial charge on any atom is 0.238 e. The van der Waals surface area contributed by atoms with Crippen molar-refractivity contribution in [2.24, 2.45) is 0 Å². The van der Waals surface area contributed by atoms with Gasteiger partial charge in [0.25, 0.3) is 0 Å². The van der Waals surface area contributed by atoms with Crippen LogP contribution in [0.1, 0.15) is 0 Å². The molecule has 0 unspecified atom stereocenters. The van der Waals surface area contributed by atoms with Gasteiger partial charge in [0, 0.05) is 65.6 Å². The molecule has 7 nitrogen and oxygen atoms in total. The Kier molecular flexibility index (Phi) is 7.27. The third kappa shape index (κ3) is 5.00. The van der Waals surface area contributed by atoms with E-state index in [1.807, 2.05) is 48.5 Å². The lowest BCUT2D eigenvalue weighted by molar-refractivity contribution is 0.669. The molecule has 0 fully saturated rings. The predicted octanol–water partition coefficient (Wildman–Crippen LogP) is 14.4. The van der Waals surface area contributed by atoms with Crippen LogP contribution < -0.4 is 0 Å². The molecule has 7 heteroatoms. The van der Waals surface area contributed by atoms with E-state index in [1.165, 1.54) is 21.8 Å². The molecule has 0 saturated heterocycles. The first-order valence-electron chi connectivity index (χ1n) is 21.5. The summed E-state index contributed by atoms with van der Waals surface area (Å²) in [6, 6.07) is 72.6. The van der Waals surface area contributed by atoms with Crippen LogP contribution in [0.25, 0.3) is 127 Å². The SMILES string of the molecule is c1ccc(-c2nc(-c3ccc4oc5ccccc5c4c3)nc(-n3c4ccccc4c4ccc5c6cc(-n7c8ccccc8c8ccccc87)ccc6n(-c6ccccc6)c5c43)n2)cc1. The highest BCUT2D eigenvalue weighted by Gasteiger charge is 2.24. The van der Waals surface area contributed by atoms with Crippen LogP contribution in [0.4, 0.5) is 0 Å². The Morgan fingerprint density at radius 1 is 0.297 bits per heavy atom. The number of fused-ring (bicyclic) bond motifs is 13.